The Morgan fingerprint density at radius 2 is 1.59 bits per heavy atom. The van der Waals surface area contributed by atoms with Crippen LogP contribution in [0.4, 0.5) is 10.1 Å². The Labute approximate surface area is 177 Å². The third kappa shape index (κ3) is 5.95. The van der Waals surface area contributed by atoms with Gasteiger partial charge in [0.15, 0.2) is 5.96 Å². The summed E-state index contributed by atoms with van der Waals surface area (Å²) in [4.78, 5) is 6.56. The molecule has 1 aliphatic heterocycles. The fraction of sp³-hybridized carbons (Fsp3) is 0.286. The smallest absolute Gasteiger partial charge is 0.191 e. The van der Waals surface area contributed by atoms with Crippen molar-refractivity contribution in [2.75, 3.05) is 25.0 Å². The van der Waals surface area contributed by atoms with Crippen molar-refractivity contribution in [1.29, 1.82) is 0 Å². The van der Waals surface area contributed by atoms with Crippen molar-refractivity contribution >= 4 is 35.6 Å². The lowest BCUT2D eigenvalue weighted by molar-refractivity contribution is 0.617. The van der Waals surface area contributed by atoms with Crippen LogP contribution in [0.25, 0.3) is 0 Å². The average molecular weight is 480 g/mol. The van der Waals surface area contributed by atoms with Crippen molar-refractivity contribution in [3.8, 4) is 0 Å². The quantitative estimate of drug-likeness (QED) is 0.294. The third-order valence-electron chi connectivity index (χ3n) is 4.49. The van der Waals surface area contributed by atoms with E-state index in [1.54, 1.807) is 20.0 Å². The maximum Gasteiger partial charge on any atom is 0.191 e. The van der Waals surface area contributed by atoms with Crippen LogP contribution >= 0.6 is 24.0 Å². The number of rotatable bonds is 5. The lowest BCUT2D eigenvalue weighted by Gasteiger charge is -2.18. The molecule has 0 amide bonds. The van der Waals surface area contributed by atoms with Gasteiger partial charge >= 0.3 is 0 Å². The molecule has 2 aromatic rings. The molecule has 2 N–H and O–H groups in total. The minimum Gasteiger partial charge on any atom is -0.364 e. The molecule has 144 valence electrons. The highest BCUT2D eigenvalue weighted by Gasteiger charge is 2.07. The number of anilines is 1. The summed E-state index contributed by atoms with van der Waals surface area (Å²) in [6, 6.07) is 13.7. The second kappa shape index (κ2) is 10.3. The number of hydrogen-bond donors (Lipinski definition) is 2. The van der Waals surface area contributed by atoms with E-state index in [9.17, 15) is 4.39 Å². The van der Waals surface area contributed by atoms with Crippen molar-refractivity contribution in [1.82, 2.24) is 10.6 Å². The van der Waals surface area contributed by atoms with Gasteiger partial charge in [0.25, 0.3) is 0 Å². The lowest BCUT2D eigenvalue weighted by atomic mass is 10.1. The molecule has 4 nitrogen and oxygen atoms in total. The summed E-state index contributed by atoms with van der Waals surface area (Å²) in [6.07, 6.45) is 4.38. The van der Waals surface area contributed by atoms with Gasteiger partial charge in [-0.3, -0.25) is 4.99 Å². The molecular formula is C21H26FIN4. The predicted molar refractivity (Wildman–Crippen MR) is 121 cm³/mol. The van der Waals surface area contributed by atoms with Crippen LogP contribution in [0.3, 0.4) is 0 Å². The maximum atomic E-state index is 13.3. The highest BCUT2D eigenvalue weighted by molar-refractivity contribution is 14.0. The maximum absolute atomic E-state index is 13.3. The molecule has 3 rings (SSSR count). The Kier molecular flexibility index (Phi) is 8.09. The van der Waals surface area contributed by atoms with E-state index >= 15 is 0 Å². The number of halogens is 2. The van der Waals surface area contributed by atoms with E-state index < -0.39 is 0 Å². The van der Waals surface area contributed by atoms with Crippen molar-refractivity contribution in [3.63, 3.8) is 0 Å². The van der Waals surface area contributed by atoms with Crippen LogP contribution < -0.4 is 15.5 Å². The number of aliphatic imine (C=N–C) groups is 1. The second-order valence-electron chi connectivity index (χ2n) is 6.41. The van der Waals surface area contributed by atoms with Crippen LogP contribution in [0.5, 0.6) is 0 Å². The number of hydrogen-bond acceptors (Lipinski definition) is 2. The van der Waals surface area contributed by atoms with Crippen molar-refractivity contribution < 1.29 is 4.39 Å². The van der Waals surface area contributed by atoms with Gasteiger partial charge < -0.3 is 15.5 Å². The van der Waals surface area contributed by atoms with Gasteiger partial charge in [-0.2, -0.15) is 0 Å². The molecule has 0 fully saturated rings. The number of nitrogens with one attached hydrogen (secondary N) is 2. The predicted octanol–water partition coefficient (Wildman–Crippen LogP) is 3.99. The van der Waals surface area contributed by atoms with Gasteiger partial charge in [-0.05, 0) is 41.8 Å². The van der Waals surface area contributed by atoms with Crippen LogP contribution in [-0.2, 0) is 13.1 Å². The summed E-state index contributed by atoms with van der Waals surface area (Å²) in [7, 11) is 1.74. The molecule has 6 heteroatoms. The summed E-state index contributed by atoms with van der Waals surface area (Å²) >= 11 is 0. The zero-order valence-electron chi connectivity index (χ0n) is 15.7. The summed E-state index contributed by atoms with van der Waals surface area (Å²) < 4.78 is 13.3. The fourth-order valence-electron chi connectivity index (χ4n) is 2.92. The Hall–Kier alpha value is -2.09. The van der Waals surface area contributed by atoms with Gasteiger partial charge in [0, 0.05) is 38.9 Å². The molecular weight excluding hydrogens is 454 g/mol. The van der Waals surface area contributed by atoms with Gasteiger partial charge in [0.1, 0.15) is 5.82 Å². The van der Waals surface area contributed by atoms with E-state index in [4.69, 9.17) is 0 Å². The average Bonchev–Trinajstić information content (AvgIpc) is 3.20. The molecule has 0 aliphatic carbocycles. The molecule has 27 heavy (non-hydrogen) atoms. The molecule has 0 atom stereocenters. The second-order valence-corrected chi connectivity index (χ2v) is 6.41. The topological polar surface area (TPSA) is 39.7 Å². The highest BCUT2D eigenvalue weighted by Crippen LogP contribution is 2.17. The normalized spacial score (nSPS) is 13.4. The summed E-state index contributed by atoms with van der Waals surface area (Å²) in [6.45, 7) is 5.03. The van der Waals surface area contributed by atoms with Gasteiger partial charge in [-0.1, -0.05) is 36.4 Å². The molecule has 0 unspecified atom stereocenters. The molecule has 2 aromatic carbocycles. The SMILES string of the molecule is CN=C(NCc1ccc(N2CC=CC2)cc1)NCc1ccc(F)c(C)c1.I. The first-order valence-electron chi connectivity index (χ1n) is 8.84. The Morgan fingerprint density at radius 1 is 1.00 bits per heavy atom. The summed E-state index contributed by atoms with van der Waals surface area (Å²) in [5.74, 6) is 0.546. The molecule has 0 saturated heterocycles. The number of nitrogens with zero attached hydrogens (tertiary/aromatic N) is 2. The van der Waals surface area contributed by atoms with E-state index in [1.807, 2.05) is 6.07 Å². The standard InChI is InChI=1S/C21H25FN4.HI/c1-16-13-18(7-10-20(16)22)15-25-21(23-2)24-14-17-5-8-19(9-6-17)26-11-3-4-12-26;/h3-10,13H,11-12,14-15H2,1-2H3,(H2,23,24,25);1H. The minimum absolute atomic E-state index is 0. The van der Waals surface area contributed by atoms with Crippen LogP contribution in [0.2, 0.25) is 0 Å². The van der Waals surface area contributed by atoms with Crippen molar-refractivity contribution in [3.05, 3.63) is 77.1 Å². The van der Waals surface area contributed by atoms with Crippen molar-refractivity contribution in [2.24, 2.45) is 4.99 Å². The lowest BCUT2D eigenvalue weighted by Crippen LogP contribution is -2.36. The fourth-order valence-corrected chi connectivity index (χ4v) is 2.92. The van der Waals surface area contributed by atoms with Gasteiger partial charge in [-0.15, -0.1) is 24.0 Å². The first kappa shape index (κ1) is 21.2. The number of guanidine groups is 1. The van der Waals surface area contributed by atoms with E-state index in [0.29, 0.717) is 18.7 Å². The Morgan fingerprint density at radius 3 is 2.19 bits per heavy atom. The van der Waals surface area contributed by atoms with E-state index in [1.165, 1.54) is 17.3 Å². The van der Waals surface area contributed by atoms with Gasteiger partial charge in [0.2, 0.25) is 0 Å². The molecule has 1 heterocycles. The zero-order chi connectivity index (χ0) is 18.4. The molecule has 1 aliphatic rings. The largest absolute Gasteiger partial charge is 0.364 e. The van der Waals surface area contributed by atoms with Gasteiger partial charge in [-0.25, -0.2) is 4.39 Å². The van der Waals surface area contributed by atoms with Crippen LogP contribution in [0.15, 0.2) is 59.6 Å². The highest BCUT2D eigenvalue weighted by atomic mass is 127. The summed E-state index contributed by atoms with van der Waals surface area (Å²) in [5, 5.41) is 6.57. The van der Waals surface area contributed by atoms with Gasteiger partial charge in [0.05, 0.1) is 0 Å². The zero-order valence-corrected chi connectivity index (χ0v) is 18.0. The molecule has 0 radical (unpaired) electrons. The minimum atomic E-state index is -0.176. The Bertz CT molecular complexity index is 794. The monoisotopic (exact) mass is 480 g/mol. The molecule has 0 bridgehead atoms. The van der Waals surface area contributed by atoms with Crippen LogP contribution in [0, 0.1) is 12.7 Å². The van der Waals surface area contributed by atoms with Crippen LogP contribution in [-0.4, -0.2) is 26.1 Å². The number of aryl methyl sites for hydroxylation is 1. The van der Waals surface area contributed by atoms with E-state index in [0.717, 1.165) is 24.6 Å². The number of benzene rings is 2. The first-order chi connectivity index (χ1) is 12.7. The first-order valence-corrected chi connectivity index (χ1v) is 8.84. The Balaban J connectivity index is 0.00000261. The van der Waals surface area contributed by atoms with E-state index in [2.05, 4.69) is 56.9 Å². The molecule has 0 spiro atoms. The molecule has 0 saturated carbocycles. The van der Waals surface area contributed by atoms with Crippen molar-refractivity contribution in [2.45, 2.75) is 20.0 Å². The van der Waals surface area contributed by atoms with E-state index in [-0.39, 0.29) is 29.8 Å². The molecule has 0 aromatic heterocycles. The third-order valence-corrected chi connectivity index (χ3v) is 4.49. The van der Waals surface area contributed by atoms with Crippen LogP contribution in [0.1, 0.15) is 16.7 Å². The summed E-state index contributed by atoms with van der Waals surface area (Å²) in [5.41, 5.74) is 4.12.